The lowest BCUT2D eigenvalue weighted by Crippen LogP contribution is -2.36. The molecule has 0 radical (unpaired) electrons. The molecule has 3 N–H and O–H groups in total. The summed E-state index contributed by atoms with van der Waals surface area (Å²) in [7, 11) is 0. The molecule has 1 fully saturated rings. The van der Waals surface area contributed by atoms with Crippen LogP contribution in [-0.4, -0.2) is 33.0 Å². The molecule has 1 aliphatic heterocycles. The lowest BCUT2D eigenvalue weighted by molar-refractivity contribution is 0.618. The Kier molecular flexibility index (Phi) is 6.55. The molecule has 4 heterocycles. The molecule has 1 aliphatic rings. The third-order valence-electron chi connectivity index (χ3n) is 6.95. The highest BCUT2D eigenvalue weighted by Crippen LogP contribution is 2.30. The molecule has 39 heavy (non-hydrogen) atoms. The monoisotopic (exact) mass is 513 g/mol. The molecule has 1 saturated heterocycles. The first-order chi connectivity index (χ1) is 19.1. The first-order valence-corrected chi connectivity index (χ1v) is 13.2. The van der Waals surface area contributed by atoms with Gasteiger partial charge in [-0.3, -0.25) is 9.97 Å². The van der Waals surface area contributed by atoms with E-state index in [9.17, 15) is 0 Å². The summed E-state index contributed by atoms with van der Waals surface area (Å²) in [6.07, 6.45) is 10.8. The summed E-state index contributed by atoms with van der Waals surface area (Å²) < 4.78 is 0. The third kappa shape index (κ3) is 5.25. The van der Waals surface area contributed by atoms with E-state index in [0.29, 0.717) is 0 Å². The number of fused-ring (bicyclic) bond motifs is 2. The van der Waals surface area contributed by atoms with Crippen LogP contribution in [0.4, 0.5) is 22.7 Å². The van der Waals surface area contributed by atoms with Crippen LogP contribution in [0.15, 0.2) is 97.5 Å². The highest BCUT2D eigenvalue weighted by atomic mass is 15.2. The van der Waals surface area contributed by atoms with Crippen LogP contribution in [0.5, 0.6) is 0 Å². The molecule has 5 aromatic rings. The highest BCUT2D eigenvalue weighted by Gasteiger charge is 2.15. The second kappa shape index (κ2) is 10.5. The number of anilines is 4. The van der Waals surface area contributed by atoms with Gasteiger partial charge in [-0.15, -0.1) is 0 Å². The zero-order chi connectivity index (χ0) is 26.8. The molecular formula is C32H31N7. The molecule has 6 rings (SSSR count). The Morgan fingerprint density at radius 1 is 0.949 bits per heavy atom. The molecule has 0 bridgehead atoms. The van der Waals surface area contributed by atoms with E-state index in [1.165, 1.54) is 12.1 Å². The van der Waals surface area contributed by atoms with Crippen LogP contribution in [0.1, 0.15) is 24.9 Å². The summed E-state index contributed by atoms with van der Waals surface area (Å²) >= 11 is 0. The quantitative estimate of drug-likeness (QED) is 0.188. The Morgan fingerprint density at radius 3 is 2.59 bits per heavy atom. The number of aromatic amines is 1. The van der Waals surface area contributed by atoms with Gasteiger partial charge in [-0.2, -0.15) is 0 Å². The van der Waals surface area contributed by atoms with Crippen LogP contribution in [0.2, 0.25) is 0 Å². The minimum Gasteiger partial charge on any atom is -0.371 e. The summed E-state index contributed by atoms with van der Waals surface area (Å²) in [5.74, 6) is 0.773. The van der Waals surface area contributed by atoms with Crippen molar-refractivity contribution in [3.63, 3.8) is 0 Å². The van der Waals surface area contributed by atoms with Crippen molar-refractivity contribution in [1.82, 2.24) is 19.9 Å². The van der Waals surface area contributed by atoms with Gasteiger partial charge in [-0.1, -0.05) is 12.7 Å². The van der Waals surface area contributed by atoms with Gasteiger partial charge >= 0.3 is 0 Å². The molecule has 194 valence electrons. The van der Waals surface area contributed by atoms with Crippen LogP contribution < -0.4 is 15.5 Å². The zero-order valence-electron chi connectivity index (χ0n) is 22.2. The van der Waals surface area contributed by atoms with Gasteiger partial charge in [-0.05, 0) is 87.0 Å². The Labute approximate surface area is 228 Å². The fourth-order valence-corrected chi connectivity index (χ4v) is 4.74. The first-order valence-electron chi connectivity index (χ1n) is 13.2. The SMILES string of the molecule is C=C/C(=C\C=C(/C)Nc1ccnc2ccc(N3CCC3)cc12)c1nc2cc(Nc3ccnc(C)c3)ccc2[nH]1. The van der Waals surface area contributed by atoms with E-state index in [2.05, 4.69) is 68.3 Å². The van der Waals surface area contributed by atoms with Gasteiger partial charge in [-0.25, -0.2) is 4.98 Å². The topological polar surface area (TPSA) is 81.8 Å². The number of rotatable bonds is 8. The molecule has 7 heteroatoms. The maximum Gasteiger partial charge on any atom is 0.138 e. The van der Waals surface area contributed by atoms with Gasteiger partial charge in [0.25, 0.3) is 0 Å². The summed E-state index contributed by atoms with van der Waals surface area (Å²) in [5.41, 5.74) is 9.97. The van der Waals surface area contributed by atoms with Gasteiger partial charge in [0.1, 0.15) is 5.82 Å². The Balaban J connectivity index is 1.22. The Hall–Kier alpha value is -4.91. The summed E-state index contributed by atoms with van der Waals surface area (Å²) in [4.78, 5) is 19.5. The number of nitrogens with one attached hydrogen (secondary N) is 3. The van der Waals surface area contributed by atoms with Crippen molar-refractivity contribution in [2.24, 2.45) is 0 Å². The molecule has 0 amide bonds. The molecule has 0 atom stereocenters. The molecule has 0 spiro atoms. The standard InChI is InChI=1S/C32H31N7/c1-4-23(32-37-30-10-8-24(19-31(30)38-32)36-25-12-14-33-22(3)18-25)7-6-21(2)35-29-13-15-34-28-11-9-26(20-27(28)29)39-16-5-17-39/h4,6-15,18-20H,1,5,16-17H2,2-3H3,(H,33,36)(H,34,35)(H,37,38)/b21-6+,23-7+. The summed E-state index contributed by atoms with van der Waals surface area (Å²) in [5, 5.41) is 8.10. The van der Waals surface area contributed by atoms with Crippen molar-refractivity contribution in [1.29, 1.82) is 0 Å². The lowest BCUT2D eigenvalue weighted by atomic mass is 10.1. The summed E-state index contributed by atoms with van der Waals surface area (Å²) in [6.45, 7) is 10.3. The van der Waals surface area contributed by atoms with Crippen LogP contribution in [0, 0.1) is 6.92 Å². The van der Waals surface area contributed by atoms with Crippen molar-refractivity contribution < 1.29 is 0 Å². The van der Waals surface area contributed by atoms with Gasteiger partial charge in [0.15, 0.2) is 0 Å². The largest absolute Gasteiger partial charge is 0.371 e. The average Bonchev–Trinajstić information content (AvgIpc) is 3.32. The third-order valence-corrected chi connectivity index (χ3v) is 6.95. The van der Waals surface area contributed by atoms with Crippen LogP contribution in [0.3, 0.4) is 0 Å². The highest BCUT2D eigenvalue weighted by molar-refractivity contribution is 5.94. The maximum atomic E-state index is 4.84. The fraction of sp³-hybridized carbons (Fsp3) is 0.156. The number of aromatic nitrogens is 4. The zero-order valence-corrected chi connectivity index (χ0v) is 22.2. The van der Waals surface area contributed by atoms with Gasteiger partial charge in [0.05, 0.1) is 16.6 Å². The fourth-order valence-electron chi connectivity index (χ4n) is 4.74. The number of imidazole rings is 1. The van der Waals surface area contributed by atoms with E-state index in [1.807, 2.05) is 61.7 Å². The van der Waals surface area contributed by atoms with Crippen LogP contribution in [-0.2, 0) is 0 Å². The number of hydrogen-bond acceptors (Lipinski definition) is 6. The van der Waals surface area contributed by atoms with Crippen molar-refractivity contribution in [2.75, 3.05) is 28.6 Å². The number of aryl methyl sites for hydroxylation is 1. The molecular weight excluding hydrogens is 482 g/mol. The van der Waals surface area contributed by atoms with Gasteiger partial charge < -0.3 is 20.5 Å². The van der Waals surface area contributed by atoms with Crippen LogP contribution >= 0.6 is 0 Å². The molecule has 0 aliphatic carbocycles. The molecule has 3 aromatic heterocycles. The molecule has 7 nitrogen and oxygen atoms in total. The predicted molar refractivity (Wildman–Crippen MR) is 162 cm³/mol. The normalized spacial score (nSPS) is 13.9. The van der Waals surface area contributed by atoms with Crippen molar-refractivity contribution in [2.45, 2.75) is 20.3 Å². The van der Waals surface area contributed by atoms with Gasteiger partial charge in [0, 0.05) is 70.6 Å². The Bertz CT molecular complexity index is 1740. The second-order valence-corrected chi connectivity index (χ2v) is 9.83. The summed E-state index contributed by atoms with van der Waals surface area (Å²) in [6, 6.07) is 18.6. The van der Waals surface area contributed by atoms with Crippen molar-refractivity contribution in [3.8, 4) is 0 Å². The van der Waals surface area contributed by atoms with E-state index >= 15 is 0 Å². The maximum absolute atomic E-state index is 4.84. The number of H-pyrrole nitrogens is 1. The average molecular weight is 514 g/mol. The van der Waals surface area contributed by atoms with Crippen molar-refractivity contribution in [3.05, 3.63) is 109 Å². The predicted octanol–water partition coefficient (Wildman–Crippen LogP) is 7.35. The van der Waals surface area contributed by atoms with E-state index in [1.54, 1.807) is 6.20 Å². The number of pyridine rings is 2. The first kappa shape index (κ1) is 24.4. The van der Waals surface area contributed by atoms with E-state index < -0.39 is 0 Å². The number of nitrogens with zero attached hydrogens (tertiary/aromatic N) is 4. The molecule has 0 saturated carbocycles. The smallest absolute Gasteiger partial charge is 0.138 e. The van der Waals surface area contributed by atoms with E-state index in [0.717, 1.165) is 74.9 Å². The minimum atomic E-state index is 0.773. The van der Waals surface area contributed by atoms with Gasteiger partial charge in [0.2, 0.25) is 0 Å². The van der Waals surface area contributed by atoms with E-state index in [-0.39, 0.29) is 0 Å². The number of hydrogen-bond donors (Lipinski definition) is 3. The minimum absolute atomic E-state index is 0.773. The van der Waals surface area contributed by atoms with E-state index in [4.69, 9.17) is 4.98 Å². The molecule has 2 aromatic carbocycles. The molecule has 0 unspecified atom stereocenters. The van der Waals surface area contributed by atoms with Crippen LogP contribution in [0.25, 0.3) is 27.5 Å². The number of benzene rings is 2. The lowest BCUT2D eigenvalue weighted by Gasteiger charge is -2.33. The Morgan fingerprint density at radius 2 is 1.79 bits per heavy atom. The second-order valence-electron chi connectivity index (χ2n) is 9.83. The van der Waals surface area contributed by atoms with Crippen molar-refractivity contribution >= 4 is 50.3 Å². The number of allylic oxidation sites excluding steroid dienone is 5.